The summed E-state index contributed by atoms with van der Waals surface area (Å²) in [5.74, 6) is 0.716. The van der Waals surface area contributed by atoms with Gasteiger partial charge in [-0.25, -0.2) is 9.97 Å². The fourth-order valence-corrected chi connectivity index (χ4v) is 11.0. The van der Waals surface area contributed by atoms with E-state index in [0.29, 0.717) is 5.82 Å². The maximum atomic E-state index is 5.17. The lowest BCUT2D eigenvalue weighted by molar-refractivity contribution is 1.18. The minimum atomic E-state index is 0.716. The highest BCUT2D eigenvalue weighted by Gasteiger charge is 2.19. The molecular formula is C62H38N2S. The van der Waals surface area contributed by atoms with E-state index in [1.165, 1.54) is 96.6 Å². The average molecular weight is 843 g/mol. The molecule has 2 heterocycles. The van der Waals surface area contributed by atoms with Crippen molar-refractivity contribution in [2.24, 2.45) is 0 Å². The second-order valence-corrected chi connectivity index (χ2v) is 17.9. The minimum Gasteiger partial charge on any atom is -0.228 e. The van der Waals surface area contributed by atoms with Crippen LogP contribution in [0.1, 0.15) is 0 Å². The van der Waals surface area contributed by atoms with Gasteiger partial charge in [0.05, 0.1) is 11.4 Å². The smallest absolute Gasteiger partial charge is 0.160 e. The molecule has 13 rings (SSSR count). The number of benzene rings is 11. The van der Waals surface area contributed by atoms with Gasteiger partial charge in [0.2, 0.25) is 0 Å². The van der Waals surface area contributed by atoms with Crippen LogP contribution in [0.15, 0.2) is 231 Å². The van der Waals surface area contributed by atoms with E-state index in [1.54, 1.807) is 0 Å². The Bertz CT molecular complexity index is 3980. The average Bonchev–Trinajstić information content (AvgIpc) is 3.76. The predicted octanol–water partition coefficient (Wildman–Crippen LogP) is 17.5. The molecule has 0 N–H and O–H groups in total. The van der Waals surface area contributed by atoms with Crippen molar-refractivity contribution < 1.29 is 0 Å². The highest BCUT2D eigenvalue weighted by molar-refractivity contribution is 7.25. The molecule has 3 heteroatoms. The number of thiophene rings is 1. The van der Waals surface area contributed by atoms with Gasteiger partial charge in [-0.1, -0.05) is 194 Å². The highest BCUT2D eigenvalue weighted by atomic mass is 32.1. The Hall–Kier alpha value is -8.24. The van der Waals surface area contributed by atoms with Crippen LogP contribution in [0.3, 0.4) is 0 Å². The molecule has 0 amide bonds. The van der Waals surface area contributed by atoms with Crippen molar-refractivity contribution in [2.45, 2.75) is 0 Å². The normalized spacial score (nSPS) is 11.7. The molecule has 0 atom stereocenters. The van der Waals surface area contributed by atoms with Crippen LogP contribution in [0.5, 0.6) is 0 Å². The summed E-state index contributed by atoms with van der Waals surface area (Å²) >= 11 is 1.83. The van der Waals surface area contributed by atoms with E-state index < -0.39 is 0 Å². The van der Waals surface area contributed by atoms with Gasteiger partial charge < -0.3 is 0 Å². The van der Waals surface area contributed by atoms with Crippen molar-refractivity contribution in [2.75, 3.05) is 0 Å². The summed E-state index contributed by atoms with van der Waals surface area (Å²) in [6, 6.07) is 83.6. The molecule has 0 saturated heterocycles. The van der Waals surface area contributed by atoms with Crippen LogP contribution >= 0.6 is 11.3 Å². The summed E-state index contributed by atoms with van der Waals surface area (Å²) in [6.07, 6.45) is 0. The lowest BCUT2D eigenvalue weighted by Gasteiger charge is -2.19. The Morgan fingerprint density at radius 1 is 0.262 bits per heavy atom. The largest absolute Gasteiger partial charge is 0.228 e. The van der Waals surface area contributed by atoms with Gasteiger partial charge in [-0.15, -0.1) is 11.3 Å². The third kappa shape index (κ3) is 6.39. The first-order valence-electron chi connectivity index (χ1n) is 22.1. The van der Waals surface area contributed by atoms with E-state index in [-0.39, 0.29) is 0 Å². The summed E-state index contributed by atoms with van der Waals surface area (Å²) in [5.41, 5.74) is 12.3. The maximum Gasteiger partial charge on any atom is 0.160 e. The quantitative estimate of drug-likeness (QED) is 0.123. The third-order valence-electron chi connectivity index (χ3n) is 13.1. The van der Waals surface area contributed by atoms with Crippen LogP contribution in [0, 0.1) is 0 Å². The van der Waals surface area contributed by atoms with E-state index in [0.717, 1.165) is 28.1 Å². The Labute approximate surface area is 380 Å². The number of aromatic nitrogens is 2. The highest BCUT2D eigenvalue weighted by Crippen LogP contribution is 2.46. The molecule has 0 aliphatic rings. The fourth-order valence-electron chi connectivity index (χ4n) is 9.92. The molecule has 0 unspecified atom stereocenters. The van der Waals surface area contributed by atoms with Crippen molar-refractivity contribution in [3.05, 3.63) is 231 Å². The molecule has 11 aromatic carbocycles. The zero-order valence-electron chi connectivity index (χ0n) is 35.2. The number of rotatable bonds is 6. The summed E-state index contributed by atoms with van der Waals surface area (Å²) < 4.78 is 2.58. The standard InChI is InChI=1S/C62H38N2S/c1-3-14-41(15-4-1)59-51-20-9-10-21-52(51)60(61-49-18-8-7-13-40(49)31-33-53(59)61)42-25-23-39(24-26-42)44-27-28-46-36-47(30-29-45(46)35-44)55-38-56(64-62(63-55)43-16-5-2-6-17-43)48-32-34-58-54(37-48)50-19-11-12-22-57(50)65-58/h1-38H. The molecule has 0 spiro atoms. The zero-order valence-corrected chi connectivity index (χ0v) is 36.1. The fraction of sp³-hybridized carbons (Fsp3) is 0. The molecular weight excluding hydrogens is 805 g/mol. The lowest BCUT2D eigenvalue weighted by Crippen LogP contribution is -1.96. The van der Waals surface area contributed by atoms with Gasteiger partial charge in [0.15, 0.2) is 5.82 Å². The first-order chi connectivity index (χ1) is 32.2. The molecule has 0 aliphatic carbocycles. The second-order valence-electron chi connectivity index (χ2n) is 16.9. The van der Waals surface area contributed by atoms with Gasteiger partial charge in [0.25, 0.3) is 0 Å². The first kappa shape index (κ1) is 37.3. The van der Waals surface area contributed by atoms with Crippen molar-refractivity contribution in [3.8, 4) is 67.3 Å². The zero-order chi connectivity index (χ0) is 42.8. The van der Waals surface area contributed by atoms with E-state index in [1.807, 2.05) is 29.5 Å². The van der Waals surface area contributed by atoms with Crippen LogP contribution in [-0.2, 0) is 0 Å². The van der Waals surface area contributed by atoms with Crippen molar-refractivity contribution in [1.82, 2.24) is 9.97 Å². The maximum absolute atomic E-state index is 5.17. The van der Waals surface area contributed by atoms with E-state index >= 15 is 0 Å². The lowest BCUT2D eigenvalue weighted by atomic mass is 9.84. The van der Waals surface area contributed by atoms with Crippen LogP contribution in [0.4, 0.5) is 0 Å². The van der Waals surface area contributed by atoms with Crippen LogP contribution in [0.2, 0.25) is 0 Å². The van der Waals surface area contributed by atoms with Gasteiger partial charge in [-0.3, -0.25) is 0 Å². The monoisotopic (exact) mass is 842 g/mol. The Balaban J connectivity index is 0.889. The second kappa shape index (κ2) is 15.2. The van der Waals surface area contributed by atoms with Gasteiger partial charge in [0, 0.05) is 36.9 Å². The van der Waals surface area contributed by atoms with Crippen molar-refractivity contribution >= 4 is 74.6 Å². The molecule has 0 fully saturated rings. The minimum absolute atomic E-state index is 0.716. The van der Waals surface area contributed by atoms with E-state index in [9.17, 15) is 0 Å². The summed E-state index contributed by atoms with van der Waals surface area (Å²) in [6.45, 7) is 0. The molecule has 0 saturated carbocycles. The third-order valence-corrected chi connectivity index (χ3v) is 14.2. The van der Waals surface area contributed by atoms with Crippen LogP contribution < -0.4 is 0 Å². The van der Waals surface area contributed by atoms with Crippen LogP contribution in [-0.4, -0.2) is 9.97 Å². The van der Waals surface area contributed by atoms with Gasteiger partial charge in [-0.2, -0.15) is 0 Å². The van der Waals surface area contributed by atoms with Gasteiger partial charge in [0.1, 0.15) is 0 Å². The van der Waals surface area contributed by atoms with Gasteiger partial charge >= 0.3 is 0 Å². The molecule has 13 aromatic rings. The predicted molar refractivity (Wildman–Crippen MR) is 278 cm³/mol. The SMILES string of the molecule is c1ccc(-c2nc(-c3ccc4cc(-c5ccc(-c6c7ccccc7c(-c7ccccc7)c7ccc8ccccc8c67)cc5)ccc4c3)cc(-c3ccc4sc5ccccc5c4c3)n2)cc1. The van der Waals surface area contributed by atoms with E-state index in [4.69, 9.17) is 9.97 Å². The number of hydrogen-bond donors (Lipinski definition) is 0. The van der Waals surface area contributed by atoms with Crippen molar-refractivity contribution in [3.63, 3.8) is 0 Å². The summed E-state index contributed by atoms with van der Waals surface area (Å²) in [7, 11) is 0. The Morgan fingerprint density at radius 3 is 1.52 bits per heavy atom. The molecule has 0 radical (unpaired) electrons. The summed E-state index contributed by atoms with van der Waals surface area (Å²) in [4.78, 5) is 10.3. The topological polar surface area (TPSA) is 25.8 Å². The van der Waals surface area contributed by atoms with Crippen LogP contribution in [0.25, 0.3) is 131 Å². The molecule has 2 nitrogen and oxygen atoms in total. The van der Waals surface area contributed by atoms with E-state index in [2.05, 4.69) is 212 Å². The first-order valence-corrected chi connectivity index (χ1v) is 22.9. The number of nitrogens with zero attached hydrogens (tertiary/aromatic N) is 2. The number of fused-ring (bicyclic) bond motifs is 8. The molecule has 0 aliphatic heterocycles. The summed E-state index contributed by atoms with van der Waals surface area (Å²) in [5, 5.41) is 12.5. The van der Waals surface area contributed by atoms with Crippen molar-refractivity contribution in [1.29, 1.82) is 0 Å². The Kier molecular flexibility index (Phi) is 8.75. The molecule has 65 heavy (non-hydrogen) atoms. The molecule has 2 aromatic heterocycles. The molecule has 0 bridgehead atoms. The Morgan fingerprint density at radius 2 is 0.769 bits per heavy atom. The van der Waals surface area contributed by atoms with Gasteiger partial charge in [-0.05, 0) is 113 Å². The number of hydrogen-bond acceptors (Lipinski definition) is 3. The molecule has 302 valence electrons.